The maximum Gasteiger partial charge on any atom is 0.243 e. The molecule has 0 aliphatic heterocycles. The minimum absolute atomic E-state index is 0.0358. The number of benzene rings is 2. The van der Waals surface area contributed by atoms with E-state index >= 15 is 0 Å². The Morgan fingerprint density at radius 1 is 1.03 bits per heavy atom. The van der Waals surface area contributed by atoms with Gasteiger partial charge in [0.2, 0.25) is 21.8 Å². The Labute approximate surface area is 236 Å². The van der Waals surface area contributed by atoms with Gasteiger partial charge in [0.25, 0.3) is 0 Å². The van der Waals surface area contributed by atoms with Gasteiger partial charge in [-0.1, -0.05) is 43.1 Å². The average Bonchev–Trinajstić information content (AvgIpc) is 2.87. The van der Waals surface area contributed by atoms with Crippen molar-refractivity contribution in [2.45, 2.75) is 65.1 Å². The Kier molecular flexibility index (Phi) is 12.2. The Morgan fingerprint density at radius 3 is 2.21 bits per heavy atom. The molecule has 0 aliphatic rings. The van der Waals surface area contributed by atoms with Crippen molar-refractivity contribution in [1.29, 1.82) is 0 Å². The molecule has 11 heteroatoms. The van der Waals surface area contributed by atoms with E-state index < -0.39 is 16.1 Å². The van der Waals surface area contributed by atoms with E-state index in [9.17, 15) is 18.0 Å². The number of sulfonamides is 1. The molecule has 0 spiro atoms. The highest BCUT2D eigenvalue weighted by Gasteiger charge is 2.29. The van der Waals surface area contributed by atoms with Crippen molar-refractivity contribution in [2.75, 3.05) is 24.2 Å². The molecule has 210 valence electrons. The Hall–Kier alpha value is -2.49. The van der Waals surface area contributed by atoms with E-state index in [4.69, 9.17) is 27.9 Å². The first-order valence-corrected chi connectivity index (χ1v) is 15.2. The second-order valence-electron chi connectivity index (χ2n) is 9.15. The van der Waals surface area contributed by atoms with Crippen LogP contribution in [0.4, 0.5) is 5.69 Å². The molecule has 0 heterocycles. The number of halogens is 2. The van der Waals surface area contributed by atoms with Gasteiger partial charge in [-0.3, -0.25) is 13.9 Å². The van der Waals surface area contributed by atoms with Crippen molar-refractivity contribution in [1.82, 2.24) is 10.2 Å². The van der Waals surface area contributed by atoms with Crippen LogP contribution < -0.4 is 14.4 Å². The van der Waals surface area contributed by atoms with E-state index in [-0.39, 0.29) is 43.8 Å². The number of hydrogen-bond donors (Lipinski definition) is 1. The molecular formula is C27H37Cl2N3O5S. The third kappa shape index (κ3) is 9.06. The first-order valence-electron chi connectivity index (χ1n) is 12.6. The average molecular weight is 587 g/mol. The number of amides is 2. The molecule has 0 saturated heterocycles. The molecule has 0 fully saturated rings. The van der Waals surface area contributed by atoms with Crippen molar-refractivity contribution < 1.29 is 22.7 Å². The lowest BCUT2D eigenvalue weighted by molar-refractivity contribution is -0.141. The summed E-state index contributed by atoms with van der Waals surface area (Å²) in [4.78, 5) is 28.2. The second-order valence-corrected chi connectivity index (χ2v) is 11.9. The van der Waals surface area contributed by atoms with E-state index in [1.54, 1.807) is 42.5 Å². The molecular weight excluding hydrogens is 549 g/mol. The molecule has 2 rings (SSSR count). The number of carbonyl (C=O) groups is 2. The van der Waals surface area contributed by atoms with Gasteiger partial charge in [0, 0.05) is 25.6 Å². The fourth-order valence-corrected chi connectivity index (χ4v) is 5.23. The maximum absolute atomic E-state index is 13.5. The number of methoxy groups -OCH3 is 1. The van der Waals surface area contributed by atoms with E-state index in [1.165, 1.54) is 16.3 Å². The lowest BCUT2D eigenvalue weighted by atomic mass is 10.1. The quantitative estimate of drug-likeness (QED) is 0.326. The molecule has 38 heavy (non-hydrogen) atoms. The molecule has 8 nitrogen and oxygen atoms in total. The summed E-state index contributed by atoms with van der Waals surface area (Å²) in [6.45, 7) is 6.00. The van der Waals surface area contributed by atoms with Crippen LogP contribution in [0, 0.1) is 0 Å². The molecule has 0 unspecified atom stereocenters. The highest BCUT2D eigenvalue weighted by atomic mass is 35.5. The number of ether oxygens (including phenoxy) is 1. The fraction of sp³-hybridized carbons (Fsp3) is 0.481. The smallest absolute Gasteiger partial charge is 0.243 e. The first kappa shape index (κ1) is 31.7. The van der Waals surface area contributed by atoms with E-state index in [0.717, 1.165) is 18.2 Å². The van der Waals surface area contributed by atoms with Crippen LogP contribution in [0.5, 0.6) is 5.75 Å². The van der Waals surface area contributed by atoms with E-state index in [1.807, 2.05) is 20.8 Å². The standard InChI is InChI=1S/C27H37Cl2N3O5S/c1-6-19(3)30-27(34)25(7-2)31(18-20-10-15-23(28)24(29)17-20)26(33)9-8-16-32(38(5,35)36)21-11-13-22(37-4)14-12-21/h10-15,17,19,25H,6-9,16,18H2,1-5H3,(H,30,34)/t19-,25+/m0/s1. The lowest BCUT2D eigenvalue weighted by Crippen LogP contribution is -2.50. The molecule has 2 aromatic carbocycles. The lowest BCUT2D eigenvalue weighted by Gasteiger charge is -2.32. The van der Waals surface area contributed by atoms with Gasteiger partial charge in [-0.15, -0.1) is 0 Å². The monoisotopic (exact) mass is 585 g/mol. The molecule has 2 atom stereocenters. The molecule has 0 saturated carbocycles. The van der Waals surface area contributed by atoms with Gasteiger partial charge in [-0.05, 0) is 68.1 Å². The Balaban J connectivity index is 2.24. The molecule has 2 aromatic rings. The van der Waals surface area contributed by atoms with Crippen molar-refractivity contribution in [2.24, 2.45) is 0 Å². The Morgan fingerprint density at radius 2 is 1.68 bits per heavy atom. The summed E-state index contributed by atoms with van der Waals surface area (Å²) in [5.74, 6) is 0.119. The first-order chi connectivity index (χ1) is 17.9. The van der Waals surface area contributed by atoms with Crippen molar-refractivity contribution in [3.05, 3.63) is 58.1 Å². The minimum atomic E-state index is -3.59. The van der Waals surface area contributed by atoms with Gasteiger partial charge in [0.1, 0.15) is 11.8 Å². The molecule has 0 aromatic heterocycles. The summed E-state index contributed by atoms with van der Waals surface area (Å²) in [6.07, 6.45) is 2.62. The summed E-state index contributed by atoms with van der Waals surface area (Å²) in [7, 11) is -2.05. The molecule has 0 aliphatic carbocycles. The summed E-state index contributed by atoms with van der Waals surface area (Å²) < 4.78 is 31.4. The number of anilines is 1. The third-order valence-electron chi connectivity index (χ3n) is 6.24. The van der Waals surface area contributed by atoms with Crippen LogP contribution in [-0.2, 0) is 26.2 Å². The topological polar surface area (TPSA) is 96.0 Å². The highest BCUT2D eigenvalue weighted by Crippen LogP contribution is 2.25. The molecule has 1 N–H and O–H groups in total. The summed E-state index contributed by atoms with van der Waals surface area (Å²) in [5, 5.41) is 3.73. The SMILES string of the molecule is CC[C@H](C(=O)N[C@@H](C)CC)N(Cc1ccc(Cl)c(Cl)c1)C(=O)CCCN(c1ccc(OC)cc1)S(C)(=O)=O. The zero-order chi connectivity index (χ0) is 28.5. The van der Waals surface area contributed by atoms with Gasteiger partial charge < -0.3 is 15.0 Å². The summed E-state index contributed by atoms with van der Waals surface area (Å²) >= 11 is 12.3. The van der Waals surface area contributed by atoms with Crippen LogP contribution in [0.3, 0.4) is 0 Å². The number of hydrogen-bond acceptors (Lipinski definition) is 5. The van der Waals surface area contributed by atoms with Crippen LogP contribution in [0.15, 0.2) is 42.5 Å². The number of rotatable bonds is 14. The van der Waals surface area contributed by atoms with Crippen LogP contribution in [0.2, 0.25) is 10.0 Å². The molecule has 0 radical (unpaired) electrons. The van der Waals surface area contributed by atoms with E-state index in [0.29, 0.717) is 27.9 Å². The van der Waals surface area contributed by atoms with E-state index in [2.05, 4.69) is 5.32 Å². The van der Waals surface area contributed by atoms with Crippen LogP contribution in [0.1, 0.15) is 52.0 Å². The van der Waals surface area contributed by atoms with Crippen molar-refractivity contribution in [3.8, 4) is 5.75 Å². The van der Waals surface area contributed by atoms with Gasteiger partial charge in [-0.2, -0.15) is 0 Å². The number of nitrogens with zero attached hydrogens (tertiary/aromatic N) is 2. The number of nitrogens with one attached hydrogen (secondary N) is 1. The van der Waals surface area contributed by atoms with Crippen LogP contribution in [-0.4, -0.2) is 57.1 Å². The van der Waals surface area contributed by atoms with Gasteiger partial charge >= 0.3 is 0 Å². The van der Waals surface area contributed by atoms with Crippen molar-refractivity contribution in [3.63, 3.8) is 0 Å². The zero-order valence-electron chi connectivity index (χ0n) is 22.5. The Bertz CT molecular complexity index is 1190. The van der Waals surface area contributed by atoms with Crippen LogP contribution >= 0.6 is 23.2 Å². The predicted octanol–water partition coefficient (Wildman–Crippen LogP) is 5.27. The van der Waals surface area contributed by atoms with Gasteiger partial charge in [0.15, 0.2) is 0 Å². The van der Waals surface area contributed by atoms with Gasteiger partial charge in [-0.25, -0.2) is 8.42 Å². The largest absolute Gasteiger partial charge is 0.497 e. The minimum Gasteiger partial charge on any atom is -0.497 e. The summed E-state index contributed by atoms with van der Waals surface area (Å²) in [6, 6.07) is 11.0. The summed E-state index contributed by atoms with van der Waals surface area (Å²) in [5.41, 5.74) is 1.21. The molecule has 0 bridgehead atoms. The molecule has 2 amide bonds. The fourth-order valence-electron chi connectivity index (χ4n) is 3.95. The maximum atomic E-state index is 13.5. The third-order valence-corrected chi connectivity index (χ3v) is 8.17. The number of carbonyl (C=O) groups excluding carboxylic acids is 2. The predicted molar refractivity (Wildman–Crippen MR) is 153 cm³/mol. The van der Waals surface area contributed by atoms with Crippen molar-refractivity contribution >= 4 is 50.7 Å². The highest BCUT2D eigenvalue weighted by molar-refractivity contribution is 7.92. The zero-order valence-corrected chi connectivity index (χ0v) is 24.9. The van der Waals surface area contributed by atoms with Gasteiger partial charge in [0.05, 0.1) is 29.1 Å². The van der Waals surface area contributed by atoms with Crippen LogP contribution in [0.25, 0.3) is 0 Å². The second kappa shape index (κ2) is 14.6. The normalized spacial score (nSPS) is 12.9.